The fourth-order valence-electron chi connectivity index (χ4n) is 4.07. The van der Waals surface area contributed by atoms with Crippen LogP contribution < -0.4 is 10.3 Å². The minimum absolute atomic E-state index is 0.0787. The van der Waals surface area contributed by atoms with E-state index in [0.717, 1.165) is 22.1 Å². The van der Waals surface area contributed by atoms with Crippen molar-refractivity contribution in [1.82, 2.24) is 15.0 Å². The molecule has 1 aromatic carbocycles. The molecule has 1 N–H and O–H groups in total. The summed E-state index contributed by atoms with van der Waals surface area (Å²) in [7, 11) is 1.60. The van der Waals surface area contributed by atoms with Gasteiger partial charge in [0, 0.05) is 31.4 Å². The number of hydrazone groups is 1. The maximum Gasteiger partial charge on any atom is 0.259 e. The molecule has 3 aromatic rings. The van der Waals surface area contributed by atoms with Gasteiger partial charge in [-0.3, -0.25) is 9.59 Å². The Bertz CT molecular complexity index is 1260. The summed E-state index contributed by atoms with van der Waals surface area (Å²) in [5.74, 6) is 0.338. The van der Waals surface area contributed by atoms with Crippen LogP contribution in [0.1, 0.15) is 48.1 Å². The van der Waals surface area contributed by atoms with Gasteiger partial charge in [-0.1, -0.05) is 36.8 Å². The van der Waals surface area contributed by atoms with Gasteiger partial charge in [-0.2, -0.15) is 10.1 Å². The molecule has 1 atom stereocenters. The normalized spacial score (nSPS) is 15.7. The summed E-state index contributed by atoms with van der Waals surface area (Å²) >= 11 is 0. The number of aromatic nitrogens is 2. The summed E-state index contributed by atoms with van der Waals surface area (Å²) in [5.41, 5.74) is 4.17. The molecule has 4 rings (SSSR count). The van der Waals surface area contributed by atoms with Gasteiger partial charge in [0.15, 0.2) is 0 Å². The van der Waals surface area contributed by atoms with Gasteiger partial charge in [0.05, 0.1) is 23.9 Å². The third kappa shape index (κ3) is 4.52. The van der Waals surface area contributed by atoms with Crippen LogP contribution in [0.2, 0.25) is 0 Å². The van der Waals surface area contributed by atoms with Crippen molar-refractivity contribution < 1.29 is 14.3 Å². The Balaban J connectivity index is 1.72. The first-order valence-corrected chi connectivity index (χ1v) is 11.0. The van der Waals surface area contributed by atoms with E-state index in [1.54, 1.807) is 13.2 Å². The molecule has 0 spiro atoms. The van der Waals surface area contributed by atoms with E-state index >= 15 is 0 Å². The zero-order valence-electron chi connectivity index (χ0n) is 19.3. The van der Waals surface area contributed by atoms with Crippen molar-refractivity contribution in [2.75, 3.05) is 20.3 Å². The van der Waals surface area contributed by atoms with E-state index in [0.29, 0.717) is 48.9 Å². The monoisotopic (exact) mass is 448 g/mol. The number of amides is 1. The standard InChI is InChI=1S/C25H28N4O4/c1-5-22(30)29-20(17-8-6-15(2)7-9-17)14-19(28-29)23-16(3)18-10-11-21(33-13-12-32-4)26-24(18)27-25(23)31/h6-11,20H,5,12-14H2,1-4H3,(H,26,27,31). The minimum Gasteiger partial charge on any atom is -0.475 e. The van der Waals surface area contributed by atoms with Crippen molar-refractivity contribution >= 4 is 22.7 Å². The maximum absolute atomic E-state index is 13.1. The van der Waals surface area contributed by atoms with Crippen LogP contribution in [0.3, 0.4) is 0 Å². The lowest BCUT2D eigenvalue weighted by Crippen LogP contribution is -2.26. The van der Waals surface area contributed by atoms with Gasteiger partial charge in [0.1, 0.15) is 12.3 Å². The van der Waals surface area contributed by atoms with Gasteiger partial charge < -0.3 is 14.5 Å². The van der Waals surface area contributed by atoms with Crippen LogP contribution in [-0.2, 0) is 9.53 Å². The number of carbonyl (C=O) groups excluding carboxylic acids is 1. The molecule has 0 bridgehead atoms. The second-order valence-corrected chi connectivity index (χ2v) is 8.11. The molecule has 1 unspecified atom stereocenters. The van der Waals surface area contributed by atoms with E-state index in [1.165, 1.54) is 5.01 Å². The molecule has 0 aliphatic carbocycles. The van der Waals surface area contributed by atoms with E-state index in [2.05, 4.69) is 15.1 Å². The lowest BCUT2D eigenvalue weighted by atomic mass is 9.95. The molecular formula is C25H28N4O4. The van der Waals surface area contributed by atoms with Crippen LogP contribution in [-0.4, -0.2) is 46.9 Å². The Kier molecular flexibility index (Phi) is 6.55. The zero-order valence-corrected chi connectivity index (χ0v) is 19.3. The van der Waals surface area contributed by atoms with Crippen LogP contribution in [0, 0.1) is 13.8 Å². The highest BCUT2D eigenvalue weighted by atomic mass is 16.5. The SMILES string of the molecule is CCC(=O)N1N=C(c2c(C)c3ccc(OCCOC)nc3[nH]c2=O)CC1c1ccc(C)cc1. The van der Waals surface area contributed by atoms with Crippen molar-refractivity contribution in [2.24, 2.45) is 5.10 Å². The molecule has 0 saturated heterocycles. The molecule has 2 aromatic heterocycles. The summed E-state index contributed by atoms with van der Waals surface area (Å²) in [4.78, 5) is 33.1. The largest absolute Gasteiger partial charge is 0.475 e. The van der Waals surface area contributed by atoms with Gasteiger partial charge >= 0.3 is 0 Å². The number of ether oxygens (including phenoxy) is 2. The number of aromatic amines is 1. The van der Waals surface area contributed by atoms with Crippen LogP contribution in [0.5, 0.6) is 5.88 Å². The fourth-order valence-corrected chi connectivity index (χ4v) is 4.07. The quantitative estimate of drug-likeness (QED) is 0.557. The first-order chi connectivity index (χ1) is 15.9. The first-order valence-electron chi connectivity index (χ1n) is 11.0. The molecule has 172 valence electrons. The third-order valence-corrected chi connectivity index (χ3v) is 5.86. The molecule has 0 radical (unpaired) electrons. The second kappa shape index (κ2) is 9.54. The number of carbonyl (C=O) groups is 1. The Morgan fingerprint density at radius 3 is 2.61 bits per heavy atom. The topological polar surface area (TPSA) is 96.9 Å². The number of rotatable bonds is 7. The van der Waals surface area contributed by atoms with E-state index in [9.17, 15) is 9.59 Å². The number of H-pyrrole nitrogens is 1. The van der Waals surface area contributed by atoms with Gasteiger partial charge in [0.2, 0.25) is 11.8 Å². The van der Waals surface area contributed by atoms with E-state index in [-0.39, 0.29) is 17.5 Å². The molecule has 0 fully saturated rings. The van der Waals surface area contributed by atoms with Gasteiger partial charge in [-0.05, 0) is 31.0 Å². The first kappa shape index (κ1) is 22.7. The van der Waals surface area contributed by atoms with Crippen LogP contribution in [0.15, 0.2) is 46.3 Å². The number of hydrogen-bond donors (Lipinski definition) is 1. The smallest absolute Gasteiger partial charge is 0.259 e. The van der Waals surface area contributed by atoms with Crippen molar-refractivity contribution in [1.29, 1.82) is 0 Å². The zero-order chi connectivity index (χ0) is 23.5. The fraction of sp³-hybridized carbons (Fsp3) is 0.360. The molecule has 1 amide bonds. The summed E-state index contributed by atoms with van der Waals surface area (Å²) in [6.07, 6.45) is 0.803. The number of hydrogen-bond acceptors (Lipinski definition) is 6. The molecule has 8 heteroatoms. The minimum atomic E-state index is -0.284. The number of fused-ring (bicyclic) bond motifs is 1. The van der Waals surface area contributed by atoms with Gasteiger partial charge in [-0.15, -0.1) is 0 Å². The van der Waals surface area contributed by atoms with E-state index in [1.807, 2.05) is 51.1 Å². The molecule has 0 saturated carbocycles. The maximum atomic E-state index is 13.1. The highest BCUT2D eigenvalue weighted by Crippen LogP contribution is 2.34. The van der Waals surface area contributed by atoms with Crippen molar-refractivity contribution in [3.8, 4) is 5.88 Å². The van der Waals surface area contributed by atoms with E-state index in [4.69, 9.17) is 9.47 Å². The summed E-state index contributed by atoms with van der Waals surface area (Å²) in [6.45, 7) is 6.54. The lowest BCUT2D eigenvalue weighted by molar-refractivity contribution is -0.132. The molecule has 3 heterocycles. The molecule has 1 aliphatic rings. The summed E-state index contributed by atoms with van der Waals surface area (Å²) in [6, 6.07) is 11.5. The second-order valence-electron chi connectivity index (χ2n) is 8.11. The lowest BCUT2D eigenvalue weighted by Gasteiger charge is -2.21. The average molecular weight is 449 g/mol. The predicted octanol–water partition coefficient (Wildman–Crippen LogP) is 3.65. The number of pyridine rings is 2. The Labute approximate surface area is 192 Å². The summed E-state index contributed by atoms with van der Waals surface area (Å²) in [5, 5.41) is 6.95. The average Bonchev–Trinajstić information content (AvgIpc) is 3.24. The molecule has 33 heavy (non-hydrogen) atoms. The Morgan fingerprint density at radius 2 is 1.91 bits per heavy atom. The summed E-state index contributed by atoms with van der Waals surface area (Å²) < 4.78 is 10.6. The highest BCUT2D eigenvalue weighted by molar-refractivity contribution is 6.06. The van der Waals surface area contributed by atoms with E-state index < -0.39 is 0 Å². The van der Waals surface area contributed by atoms with Gasteiger partial charge in [0.25, 0.3) is 5.56 Å². The van der Waals surface area contributed by atoms with Crippen molar-refractivity contribution in [3.05, 3.63) is 69.0 Å². The predicted molar refractivity (Wildman–Crippen MR) is 127 cm³/mol. The Hall–Kier alpha value is -3.52. The van der Waals surface area contributed by atoms with Crippen molar-refractivity contribution in [3.63, 3.8) is 0 Å². The van der Waals surface area contributed by atoms with Gasteiger partial charge in [-0.25, -0.2) is 5.01 Å². The van der Waals surface area contributed by atoms with Crippen LogP contribution in [0.4, 0.5) is 0 Å². The third-order valence-electron chi connectivity index (χ3n) is 5.86. The van der Waals surface area contributed by atoms with Crippen molar-refractivity contribution in [2.45, 2.75) is 39.7 Å². The molecule has 8 nitrogen and oxygen atoms in total. The highest BCUT2D eigenvalue weighted by Gasteiger charge is 2.34. The Morgan fingerprint density at radius 1 is 1.15 bits per heavy atom. The van der Waals surface area contributed by atoms with Crippen LogP contribution in [0.25, 0.3) is 11.0 Å². The number of nitrogens with zero attached hydrogens (tertiary/aromatic N) is 3. The number of aryl methyl sites for hydroxylation is 2. The number of benzene rings is 1. The van der Waals surface area contributed by atoms with Crippen LogP contribution >= 0.6 is 0 Å². The number of nitrogens with one attached hydrogen (secondary N) is 1. The number of methoxy groups -OCH3 is 1. The molecule has 1 aliphatic heterocycles. The molecular weight excluding hydrogens is 420 g/mol.